The lowest BCUT2D eigenvalue weighted by atomic mass is 10.2. The lowest BCUT2D eigenvalue weighted by Crippen LogP contribution is -2.22. The Labute approximate surface area is 130 Å². The van der Waals surface area contributed by atoms with Gasteiger partial charge in [0.15, 0.2) is 5.57 Å². The Kier molecular flexibility index (Phi) is 6.95. The SMILES string of the molecule is CCOC(=O)C(=CN(C)c1ccc(OC)cc1)C(=O)OCC. The van der Waals surface area contributed by atoms with E-state index in [4.69, 9.17) is 14.2 Å². The molecule has 0 N–H and O–H groups in total. The highest BCUT2D eigenvalue weighted by Gasteiger charge is 2.22. The summed E-state index contributed by atoms with van der Waals surface area (Å²) in [5.74, 6) is -0.695. The van der Waals surface area contributed by atoms with Gasteiger partial charge >= 0.3 is 11.9 Å². The molecule has 0 aliphatic carbocycles. The number of rotatable bonds is 7. The van der Waals surface area contributed by atoms with Crippen LogP contribution in [0, 0.1) is 0 Å². The number of hydrogen-bond acceptors (Lipinski definition) is 6. The molecule has 0 saturated heterocycles. The van der Waals surface area contributed by atoms with Gasteiger partial charge < -0.3 is 19.1 Å². The summed E-state index contributed by atoms with van der Waals surface area (Å²) in [5.41, 5.74) is 0.633. The van der Waals surface area contributed by atoms with E-state index < -0.39 is 11.9 Å². The normalized spacial score (nSPS) is 9.64. The zero-order valence-electron chi connectivity index (χ0n) is 13.3. The highest BCUT2D eigenvalue weighted by atomic mass is 16.6. The molecule has 1 aromatic carbocycles. The summed E-state index contributed by atoms with van der Waals surface area (Å²) in [6, 6.07) is 7.19. The van der Waals surface area contributed by atoms with E-state index in [1.807, 2.05) is 12.1 Å². The molecule has 0 aliphatic heterocycles. The number of esters is 2. The fourth-order valence-corrected chi connectivity index (χ4v) is 1.69. The molecule has 0 fully saturated rings. The Hall–Kier alpha value is -2.50. The van der Waals surface area contributed by atoms with E-state index >= 15 is 0 Å². The van der Waals surface area contributed by atoms with Gasteiger partial charge in [-0.1, -0.05) is 0 Å². The van der Waals surface area contributed by atoms with Crippen molar-refractivity contribution < 1.29 is 23.8 Å². The van der Waals surface area contributed by atoms with Crippen LogP contribution < -0.4 is 9.64 Å². The number of carbonyl (C=O) groups excluding carboxylic acids is 2. The average Bonchev–Trinajstić information content (AvgIpc) is 2.52. The molecule has 0 bridgehead atoms. The van der Waals surface area contributed by atoms with Crippen molar-refractivity contribution in [1.82, 2.24) is 0 Å². The number of carbonyl (C=O) groups is 2. The van der Waals surface area contributed by atoms with Crippen LogP contribution in [0.2, 0.25) is 0 Å². The van der Waals surface area contributed by atoms with Gasteiger partial charge in [0, 0.05) is 18.9 Å². The molecular weight excluding hydrogens is 286 g/mol. The molecule has 1 aromatic rings. The van der Waals surface area contributed by atoms with E-state index in [9.17, 15) is 9.59 Å². The second kappa shape index (κ2) is 8.71. The Balaban J connectivity index is 3.02. The second-order valence-electron chi connectivity index (χ2n) is 4.29. The van der Waals surface area contributed by atoms with Crippen LogP contribution in [-0.2, 0) is 19.1 Å². The van der Waals surface area contributed by atoms with E-state index in [0.717, 1.165) is 11.4 Å². The van der Waals surface area contributed by atoms with Crippen LogP contribution in [0.1, 0.15) is 13.8 Å². The van der Waals surface area contributed by atoms with E-state index in [0.29, 0.717) is 0 Å². The van der Waals surface area contributed by atoms with Crippen LogP contribution in [0.15, 0.2) is 36.0 Å². The van der Waals surface area contributed by atoms with Crippen molar-refractivity contribution in [3.63, 3.8) is 0 Å². The molecule has 0 amide bonds. The molecule has 6 nitrogen and oxygen atoms in total. The molecular formula is C16H21NO5. The number of anilines is 1. The van der Waals surface area contributed by atoms with E-state index in [1.165, 1.54) is 6.20 Å². The lowest BCUT2D eigenvalue weighted by molar-refractivity contribution is -0.146. The Morgan fingerprint density at radius 1 is 1.05 bits per heavy atom. The summed E-state index contributed by atoms with van der Waals surface area (Å²) in [5, 5.41) is 0. The van der Waals surface area contributed by atoms with E-state index in [1.54, 1.807) is 45.0 Å². The lowest BCUT2D eigenvalue weighted by Gasteiger charge is -2.16. The summed E-state index contributed by atoms with van der Waals surface area (Å²) in [6.07, 6.45) is 1.40. The van der Waals surface area contributed by atoms with Crippen molar-refractivity contribution in [3.05, 3.63) is 36.0 Å². The first kappa shape index (κ1) is 17.6. The molecule has 0 aromatic heterocycles. The summed E-state index contributed by atoms with van der Waals surface area (Å²) in [4.78, 5) is 25.4. The standard InChI is InChI=1S/C16H21NO5/c1-5-21-15(18)14(16(19)22-6-2)11-17(3)12-7-9-13(20-4)10-8-12/h7-11H,5-6H2,1-4H3. The second-order valence-corrected chi connectivity index (χ2v) is 4.29. The highest BCUT2D eigenvalue weighted by molar-refractivity contribution is 6.14. The zero-order valence-corrected chi connectivity index (χ0v) is 13.3. The molecule has 0 heterocycles. The van der Waals surface area contributed by atoms with Crippen LogP contribution in [0.4, 0.5) is 5.69 Å². The van der Waals surface area contributed by atoms with Crippen LogP contribution in [0.3, 0.4) is 0 Å². The molecule has 22 heavy (non-hydrogen) atoms. The molecule has 0 unspecified atom stereocenters. The highest BCUT2D eigenvalue weighted by Crippen LogP contribution is 2.19. The Morgan fingerprint density at radius 2 is 1.55 bits per heavy atom. The van der Waals surface area contributed by atoms with Gasteiger partial charge in [0.2, 0.25) is 0 Å². The van der Waals surface area contributed by atoms with Crippen LogP contribution in [-0.4, -0.2) is 39.3 Å². The van der Waals surface area contributed by atoms with Crippen molar-refractivity contribution in [3.8, 4) is 5.75 Å². The Bertz CT molecular complexity index is 516. The number of benzene rings is 1. The summed E-state index contributed by atoms with van der Waals surface area (Å²) in [7, 11) is 3.30. The summed E-state index contributed by atoms with van der Waals surface area (Å²) in [6.45, 7) is 3.71. The first-order chi connectivity index (χ1) is 10.5. The third-order valence-corrected chi connectivity index (χ3v) is 2.79. The number of ether oxygens (including phenoxy) is 3. The van der Waals surface area contributed by atoms with Crippen LogP contribution >= 0.6 is 0 Å². The number of hydrogen-bond donors (Lipinski definition) is 0. The molecule has 0 aliphatic rings. The zero-order chi connectivity index (χ0) is 16.5. The minimum Gasteiger partial charge on any atom is -0.497 e. The Morgan fingerprint density at radius 3 is 1.95 bits per heavy atom. The van der Waals surface area contributed by atoms with Gasteiger partial charge in [-0.25, -0.2) is 9.59 Å². The average molecular weight is 307 g/mol. The maximum atomic E-state index is 11.9. The van der Waals surface area contributed by atoms with Crippen molar-refractivity contribution >= 4 is 17.6 Å². The van der Waals surface area contributed by atoms with Gasteiger partial charge in [-0.05, 0) is 38.1 Å². The fourth-order valence-electron chi connectivity index (χ4n) is 1.69. The van der Waals surface area contributed by atoms with E-state index in [-0.39, 0.29) is 18.8 Å². The van der Waals surface area contributed by atoms with Gasteiger partial charge in [0.25, 0.3) is 0 Å². The third-order valence-electron chi connectivity index (χ3n) is 2.79. The maximum Gasteiger partial charge on any atom is 0.347 e. The van der Waals surface area contributed by atoms with Gasteiger partial charge in [-0.15, -0.1) is 0 Å². The smallest absolute Gasteiger partial charge is 0.347 e. The molecule has 0 atom stereocenters. The predicted octanol–water partition coefficient (Wildman–Crippen LogP) is 2.14. The monoisotopic (exact) mass is 307 g/mol. The van der Waals surface area contributed by atoms with Crippen molar-refractivity contribution in [2.45, 2.75) is 13.8 Å². The van der Waals surface area contributed by atoms with Gasteiger partial charge in [0.05, 0.1) is 20.3 Å². The van der Waals surface area contributed by atoms with Gasteiger partial charge in [-0.3, -0.25) is 0 Å². The molecule has 6 heteroatoms. The quantitative estimate of drug-likeness (QED) is 0.333. The van der Waals surface area contributed by atoms with E-state index in [2.05, 4.69) is 0 Å². The van der Waals surface area contributed by atoms with Gasteiger partial charge in [0.1, 0.15) is 5.75 Å². The fraction of sp³-hybridized carbons (Fsp3) is 0.375. The summed E-state index contributed by atoms with van der Waals surface area (Å²) < 4.78 is 14.9. The minimum atomic E-state index is -0.707. The van der Waals surface area contributed by atoms with Crippen molar-refractivity contribution in [1.29, 1.82) is 0 Å². The third kappa shape index (κ3) is 4.80. The predicted molar refractivity (Wildman–Crippen MR) is 82.7 cm³/mol. The largest absolute Gasteiger partial charge is 0.497 e. The van der Waals surface area contributed by atoms with Crippen molar-refractivity contribution in [2.24, 2.45) is 0 Å². The molecule has 0 radical (unpaired) electrons. The number of methoxy groups -OCH3 is 1. The molecule has 0 saturated carbocycles. The van der Waals surface area contributed by atoms with Crippen LogP contribution in [0.5, 0.6) is 5.75 Å². The first-order valence-electron chi connectivity index (χ1n) is 6.96. The van der Waals surface area contributed by atoms with Crippen LogP contribution in [0.25, 0.3) is 0 Å². The summed E-state index contributed by atoms with van der Waals surface area (Å²) >= 11 is 0. The topological polar surface area (TPSA) is 65.1 Å². The van der Waals surface area contributed by atoms with Crippen molar-refractivity contribution in [2.75, 3.05) is 32.3 Å². The first-order valence-corrected chi connectivity index (χ1v) is 6.96. The number of nitrogens with zero attached hydrogens (tertiary/aromatic N) is 1. The maximum absolute atomic E-state index is 11.9. The molecule has 1 rings (SSSR count). The molecule has 120 valence electrons. The van der Waals surface area contributed by atoms with Gasteiger partial charge in [-0.2, -0.15) is 0 Å². The minimum absolute atomic E-state index is 0.151. The molecule has 0 spiro atoms.